The van der Waals surface area contributed by atoms with Crippen molar-refractivity contribution in [3.63, 3.8) is 0 Å². The Kier molecular flexibility index (Phi) is 3.78. The van der Waals surface area contributed by atoms with Crippen LogP contribution in [0.3, 0.4) is 0 Å². The maximum Gasteiger partial charge on any atom is 0.336 e. The van der Waals surface area contributed by atoms with Gasteiger partial charge in [-0.25, -0.2) is 9.78 Å². The lowest BCUT2D eigenvalue weighted by atomic mass is 10.1. The molecule has 22 heavy (non-hydrogen) atoms. The molecule has 0 fully saturated rings. The summed E-state index contributed by atoms with van der Waals surface area (Å²) in [5, 5.41) is 10.3. The molecular formula is C17H15NO4. The summed E-state index contributed by atoms with van der Waals surface area (Å²) in [7, 11) is 0. The van der Waals surface area contributed by atoms with Crippen LogP contribution >= 0.6 is 0 Å². The maximum atomic E-state index is 11.6. The van der Waals surface area contributed by atoms with Gasteiger partial charge in [0.25, 0.3) is 0 Å². The van der Waals surface area contributed by atoms with E-state index < -0.39 is 5.63 Å². The lowest BCUT2D eigenvalue weighted by Crippen LogP contribution is -2.07. The molecule has 3 rings (SSSR count). The van der Waals surface area contributed by atoms with Gasteiger partial charge in [0, 0.05) is 35.7 Å². The number of aryl methyl sites for hydroxylation is 1. The molecular weight excluding hydrogens is 282 g/mol. The van der Waals surface area contributed by atoms with E-state index in [-0.39, 0.29) is 5.75 Å². The van der Waals surface area contributed by atoms with Crippen molar-refractivity contribution in [3.05, 3.63) is 64.1 Å². The van der Waals surface area contributed by atoms with Gasteiger partial charge in [-0.1, -0.05) is 6.07 Å². The molecule has 5 heteroatoms. The van der Waals surface area contributed by atoms with Crippen LogP contribution in [-0.2, 0) is 6.42 Å². The molecule has 0 aliphatic carbocycles. The Morgan fingerprint density at radius 2 is 2.09 bits per heavy atom. The van der Waals surface area contributed by atoms with Gasteiger partial charge in [-0.3, -0.25) is 0 Å². The quantitative estimate of drug-likeness (QED) is 0.750. The fourth-order valence-electron chi connectivity index (χ4n) is 2.29. The van der Waals surface area contributed by atoms with Crippen LogP contribution in [0.5, 0.6) is 11.6 Å². The lowest BCUT2D eigenvalue weighted by Gasteiger charge is -2.08. The van der Waals surface area contributed by atoms with Crippen LogP contribution in [0, 0.1) is 6.92 Å². The van der Waals surface area contributed by atoms with E-state index in [1.54, 1.807) is 18.2 Å². The zero-order valence-corrected chi connectivity index (χ0v) is 12.1. The predicted molar refractivity (Wildman–Crippen MR) is 82.3 cm³/mol. The van der Waals surface area contributed by atoms with Crippen molar-refractivity contribution in [2.24, 2.45) is 0 Å². The van der Waals surface area contributed by atoms with Crippen molar-refractivity contribution >= 4 is 11.0 Å². The summed E-state index contributed by atoms with van der Waals surface area (Å²) in [6.07, 6.45) is 0.544. The number of aromatic hydroxyl groups is 1. The van der Waals surface area contributed by atoms with Crippen molar-refractivity contribution in [2.45, 2.75) is 13.3 Å². The van der Waals surface area contributed by atoms with Gasteiger partial charge in [0.1, 0.15) is 11.3 Å². The summed E-state index contributed by atoms with van der Waals surface area (Å²) < 4.78 is 10.7. The number of aromatic nitrogens is 1. The molecule has 0 aliphatic heterocycles. The van der Waals surface area contributed by atoms with Gasteiger partial charge < -0.3 is 14.3 Å². The second-order valence-corrected chi connectivity index (χ2v) is 4.99. The Balaban J connectivity index is 1.80. The molecule has 0 unspecified atom stereocenters. The van der Waals surface area contributed by atoms with E-state index in [0.29, 0.717) is 24.5 Å². The van der Waals surface area contributed by atoms with E-state index in [9.17, 15) is 9.90 Å². The van der Waals surface area contributed by atoms with Crippen molar-refractivity contribution < 1.29 is 14.3 Å². The highest BCUT2D eigenvalue weighted by Crippen LogP contribution is 2.22. The minimum atomic E-state index is -0.443. The highest BCUT2D eigenvalue weighted by Gasteiger charge is 2.07. The highest BCUT2D eigenvalue weighted by molar-refractivity contribution is 5.81. The molecule has 0 atom stereocenters. The Morgan fingerprint density at radius 1 is 1.23 bits per heavy atom. The zero-order chi connectivity index (χ0) is 15.5. The number of phenols is 1. The number of ether oxygens (including phenoxy) is 1. The first-order valence-electron chi connectivity index (χ1n) is 6.94. The number of fused-ring (bicyclic) bond motifs is 1. The Bertz CT molecular complexity index is 870. The standard InChI is InChI=1S/C17H15NO4/c1-11-3-2-4-16(18-11)21-8-7-12-9-17(20)22-15-10-13(19)5-6-14(12)15/h2-6,9-10,19H,7-8H2,1H3. The van der Waals surface area contributed by atoms with Crippen LogP contribution in [0.25, 0.3) is 11.0 Å². The summed E-state index contributed by atoms with van der Waals surface area (Å²) in [6, 6.07) is 11.8. The Hall–Kier alpha value is -2.82. The minimum absolute atomic E-state index is 0.0630. The monoisotopic (exact) mass is 297 g/mol. The van der Waals surface area contributed by atoms with Crippen LogP contribution in [0.2, 0.25) is 0 Å². The molecule has 0 amide bonds. The maximum absolute atomic E-state index is 11.6. The van der Waals surface area contributed by atoms with Crippen molar-refractivity contribution in [2.75, 3.05) is 6.61 Å². The molecule has 0 saturated heterocycles. The first-order valence-corrected chi connectivity index (χ1v) is 6.94. The number of benzene rings is 1. The van der Waals surface area contributed by atoms with E-state index in [2.05, 4.69) is 4.98 Å². The molecule has 2 heterocycles. The fraction of sp³-hybridized carbons (Fsp3) is 0.176. The van der Waals surface area contributed by atoms with Gasteiger partial charge in [0.15, 0.2) is 0 Å². The van der Waals surface area contributed by atoms with E-state index in [4.69, 9.17) is 9.15 Å². The van der Waals surface area contributed by atoms with Gasteiger partial charge in [0.05, 0.1) is 6.61 Å². The Labute approximate surface area is 126 Å². The van der Waals surface area contributed by atoms with Gasteiger partial charge in [0.2, 0.25) is 5.88 Å². The van der Waals surface area contributed by atoms with Gasteiger partial charge in [-0.15, -0.1) is 0 Å². The highest BCUT2D eigenvalue weighted by atomic mass is 16.5. The third-order valence-electron chi connectivity index (χ3n) is 3.30. The number of rotatable bonds is 4. The summed E-state index contributed by atoms with van der Waals surface area (Å²) in [6.45, 7) is 2.30. The summed E-state index contributed by atoms with van der Waals surface area (Å²) in [4.78, 5) is 15.9. The fourth-order valence-corrected chi connectivity index (χ4v) is 2.29. The summed E-state index contributed by atoms with van der Waals surface area (Å²) in [5.41, 5.74) is 1.63. The third kappa shape index (κ3) is 3.09. The van der Waals surface area contributed by atoms with E-state index in [1.807, 2.05) is 19.1 Å². The van der Waals surface area contributed by atoms with Crippen molar-refractivity contribution in [1.29, 1.82) is 0 Å². The van der Waals surface area contributed by atoms with E-state index in [1.165, 1.54) is 12.1 Å². The van der Waals surface area contributed by atoms with E-state index in [0.717, 1.165) is 16.6 Å². The second-order valence-electron chi connectivity index (χ2n) is 4.99. The van der Waals surface area contributed by atoms with Crippen LogP contribution in [-0.4, -0.2) is 16.7 Å². The van der Waals surface area contributed by atoms with Crippen LogP contribution < -0.4 is 10.4 Å². The smallest absolute Gasteiger partial charge is 0.336 e. The zero-order valence-electron chi connectivity index (χ0n) is 12.1. The average Bonchev–Trinajstić information content (AvgIpc) is 2.46. The molecule has 2 aromatic heterocycles. The number of nitrogens with zero attached hydrogens (tertiary/aromatic N) is 1. The third-order valence-corrected chi connectivity index (χ3v) is 3.30. The molecule has 0 aliphatic rings. The van der Waals surface area contributed by atoms with Crippen LogP contribution in [0.15, 0.2) is 51.7 Å². The largest absolute Gasteiger partial charge is 0.508 e. The topological polar surface area (TPSA) is 72.6 Å². The molecule has 0 radical (unpaired) electrons. The molecule has 3 aromatic rings. The van der Waals surface area contributed by atoms with Crippen LogP contribution in [0.1, 0.15) is 11.3 Å². The minimum Gasteiger partial charge on any atom is -0.508 e. The van der Waals surface area contributed by atoms with Crippen LogP contribution in [0.4, 0.5) is 0 Å². The van der Waals surface area contributed by atoms with Gasteiger partial charge >= 0.3 is 5.63 Å². The molecule has 0 spiro atoms. The summed E-state index contributed by atoms with van der Waals surface area (Å²) >= 11 is 0. The number of hydrogen-bond acceptors (Lipinski definition) is 5. The predicted octanol–water partition coefficient (Wildman–Crippen LogP) is 2.82. The molecule has 112 valence electrons. The lowest BCUT2D eigenvalue weighted by molar-refractivity contribution is 0.309. The Morgan fingerprint density at radius 3 is 2.91 bits per heavy atom. The molecule has 0 bridgehead atoms. The molecule has 1 aromatic carbocycles. The SMILES string of the molecule is Cc1cccc(OCCc2cc(=O)oc3cc(O)ccc23)n1. The number of hydrogen-bond donors (Lipinski definition) is 1. The van der Waals surface area contributed by atoms with Gasteiger partial charge in [-0.2, -0.15) is 0 Å². The first kappa shape index (κ1) is 14.1. The van der Waals surface area contributed by atoms with Crippen molar-refractivity contribution in [3.8, 4) is 11.6 Å². The summed E-state index contributed by atoms with van der Waals surface area (Å²) in [5.74, 6) is 0.623. The molecule has 5 nitrogen and oxygen atoms in total. The molecule has 1 N–H and O–H groups in total. The van der Waals surface area contributed by atoms with Crippen molar-refractivity contribution in [1.82, 2.24) is 4.98 Å². The number of pyridine rings is 1. The first-order chi connectivity index (χ1) is 10.6. The number of phenolic OH excluding ortho intramolecular Hbond substituents is 1. The molecule has 0 saturated carbocycles. The van der Waals surface area contributed by atoms with Gasteiger partial charge in [-0.05, 0) is 30.7 Å². The average molecular weight is 297 g/mol. The second kappa shape index (κ2) is 5.89. The normalized spacial score (nSPS) is 10.8. The van der Waals surface area contributed by atoms with E-state index >= 15 is 0 Å².